The summed E-state index contributed by atoms with van der Waals surface area (Å²) < 4.78 is 27.1. The number of carbonyl (C=O) groups excluding carboxylic acids is 3. The first kappa shape index (κ1) is 27.7. The second kappa shape index (κ2) is 10.1. The SMILES string of the molecule is CCOC(=O)CSC1(SCC(=O)OCC)CC[C@H]2[C@@H]3CCC4=CC(=O)C=C[C@]4(C)[C@@]3(F)[C@@H](O)C[C@@]21C. The second-order valence-corrected chi connectivity index (χ2v) is 13.6. The molecule has 9 heteroatoms. The lowest BCUT2D eigenvalue weighted by molar-refractivity contribution is -0.189. The monoisotopic (exact) mass is 540 g/mol. The molecule has 0 amide bonds. The zero-order chi connectivity index (χ0) is 26.4. The minimum absolute atomic E-state index is 0.0419. The molecule has 0 aromatic heterocycles. The van der Waals surface area contributed by atoms with Crippen molar-refractivity contribution in [1.29, 1.82) is 0 Å². The van der Waals surface area contributed by atoms with Gasteiger partial charge in [0.25, 0.3) is 0 Å². The van der Waals surface area contributed by atoms with E-state index in [0.29, 0.717) is 19.3 Å². The van der Waals surface area contributed by atoms with Crippen molar-refractivity contribution < 1.29 is 33.4 Å². The Morgan fingerprint density at radius 2 is 1.69 bits per heavy atom. The Bertz CT molecular complexity index is 959. The number of aliphatic hydroxyl groups excluding tert-OH is 1. The lowest BCUT2D eigenvalue weighted by Gasteiger charge is -2.63. The first-order valence-electron chi connectivity index (χ1n) is 12.9. The number of thioether (sulfide) groups is 2. The Hall–Kier alpha value is -1.32. The number of halogens is 1. The number of hydrogen-bond acceptors (Lipinski definition) is 8. The molecule has 3 fully saturated rings. The summed E-state index contributed by atoms with van der Waals surface area (Å²) in [7, 11) is 0. The summed E-state index contributed by atoms with van der Waals surface area (Å²) >= 11 is 2.93. The number of rotatable bonds is 8. The van der Waals surface area contributed by atoms with Gasteiger partial charge in [0.05, 0.1) is 34.9 Å². The summed E-state index contributed by atoms with van der Waals surface area (Å²) in [6.07, 6.45) is 6.19. The normalized spacial score (nSPS) is 38.4. The van der Waals surface area contributed by atoms with Gasteiger partial charge < -0.3 is 14.6 Å². The van der Waals surface area contributed by atoms with Gasteiger partial charge in [0.2, 0.25) is 0 Å². The number of fused-ring (bicyclic) bond motifs is 5. The molecule has 1 N–H and O–H groups in total. The topological polar surface area (TPSA) is 89.9 Å². The Morgan fingerprint density at radius 1 is 1.08 bits per heavy atom. The number of carbonyl (C=O) groups is 3. The van der Waals surface area contributed by atoms with E-state index in [4.69, 9.17) is 9.47 Å². The summed E-state index contributed by atoms with van der Waals surface area (Å²) in [5.74, 6) is -0.964. The summed E-state index contributed by atoms with van der Waals surface area (Å²) in [6.45, 7) is 8.01. The van der Waals surface area contributed by atoms with Crippen LogP contribution in [0.5, 0.6) is 0 Å². The third-order valence-corrected chi connectivity index (χ3v) is 12.9. The average Bonchev–Trinajstić information content (AvgIpc) is 3.10. The van der Waals surface area contributed by atoms with Gasteiger partial charge in [0.1, 0.15) is 0 Å². The molecule has 0 unspecified atom stereocenters. The van der Waals surface area contributed by atoms with E-state index in [1.807, 2.05) is 6.92 Å². The lowest BCUT2D eigenvalue weighted by atomic mass is 9.46. The third kappa shape index (κ3) is 4.17. The summed E-state index contributed by atoms with van der Waals surface area (Å²) in [5, 5.41) is 11.6. The maximum absolute atomic E-state index is 17.3. The van der Waals surface area contributed by atoms with E-state index in [-0.39, 0.29) is 54.8 Å². The van der Waals surface area contributed by atoms with Crippen LogP contribution in [-0.2, 0) is 23.9 Å². The van der Waals surface area contributed by atoms with Crippen LogP contribution in [0.3, 0.4) is 0 Å². The zero-order valence-electron chi connectivity index (χ0n) is 21.5. The van der Waals surface area contributed by atoms with Crippen molar-refractivity contribution in [2.45, 2.75) is 75.7 Å². The first-order valence-corrected chi connectivity index (χ1v) is 14.8. The van der Waals surface area contributed by atoms with Gasteiger partial charge in [-0.3, -0.25) is 14.4 Å². The van der Waals surface area contributed by atoms with Crippen molar-refractivity contribution in [3.05, 3.63) is 23.8 Å². The van der Waals surface area contributed by atoms with Gasteiger partial charge in [-0.05, 0) is 76.4 Å². The molecular formula is C27H37FO6S2. The van der Waals surface area contributed by atoms with Gasteiger partial charge in [-0.25, -0.2) is 4.39 Å². The van der Waals surface area contributed by atoms with Gasteiger partial charge in [-0.2, -0.15) is 0 Å². The standard InChI is InChI=1S/C27H37FO6S2/c1-5-33-22(31)15-35-26(36-16-23(32)34-6-2)12-10-19-20-8-7-17-13-18(29)9-11-24(17,3)27(20,28)21(30)14-25(19,26)4/h9,11,13,19-21,30H,5-8,10,12,14-16H2,1-4H3/t19-,20-,21-,24-,25-,27-/m0/s1. The molecule has 4 aliphatic rings. The number of allylic oxidation sites excluding steroid dienone is 4. The molecule has 200 valence electrons. The first-order chi connectivity index (χ1) is 17.0. The Morgan fingerprint density at radius 3 is 2.28 bits per heavy atom. The van der Waals surface area contributed by atoms with Crippen molar-refractivity contribution in [2.24, 2.45) is 22.7 Å². The molecule has 4 aliphatic carbocycles. The van der Waals surface area contributed by atoms with Crippen molar-refractivity contribution in [3.8, 4) is 0 Å². The van der Waals surface area contributed by atoms with E-state index in [1.165, 1.54) is 29.6 Å². The van der Waals surface area contributed by atoms with Gasteiger partial charge in [0, 0.05) is 11.3 Å². The van der Waals surface area contributed by atoms with Crippen LogP contribution in [0.15, 0.2) is 23.8 Å². The highest BCUT2D eigenvalue weighted by atomic mass is 32.2. The highest BCUT2D eigenvalue weighted by molar-refractivity contribution is 8.18. The van der Waals surface area contributed by atoms with E-state index >= 15 is 4.39 Å². The number of hydrogen-bond donors (Lipinski definition) is 1. The maximum atomic E-state index is 17.3. The number of ketones is 1. The minimum Gasteiger partial charge on any atom is -0.465 e. The van der Waals surface area contributed by atoms with Crippen molar-refractivity contribution >= 4 is 41.2 Å². The quantitative estimate of drug-likeness (QED) is 0.352. The van der Waals surface area contributed by atoms with Crippen LogP contribution in [0.25, 0.3) is 0 Å². The molecular weight excluding hydrogens is 503 g/mol. The van der Waals surface area contributed by atoms with Gasteiger partial charge in [-0.15, -0.1) is 23.5 Å². The number of esters is 2. The van der Waals surface area contributed by atoms with E-state index < -0.39 is 32.6 Å². The van der Waals surface area contributed by atoms with Crippen molar-refractivity contribution in [2.75, 3.05) is 24.7 Å². The molecule has 0 bridgehead atoms. The van der Waals surface area contributed by atoms with E-state index in [0.717, 1.165) is 12.0 Å². The second-order valence-electron chi connectivity index (χ2n) is 10.7. The van der Waals surface area contributed by atoms with Gasteiger partial charge >= 0.3 is 11.9 Å². The molecule has 6 atom stereocenters. The molecule has 4 rings (SSSR count). The van der Waals surface area contributed by atoms with E-state index in [1.54, 1.807) is 26.0 Å². The third-order valence-electron chi connectivity index (χ3n) is 9.14. The molecule has 0 aromatic rings. The summed E-state index contributed by atoms with van der Waals surface area (Å²) in [6, 6.07) is 0. The molecule has 0 aliphatic heterocycles. The number of alkyl halides is 1. The van der Waals surface area contributed by atoms with Crippen LogP contribution >= 0.6 is 23.5 Å². The zero-order valence-corrected chi connectivity index (χ0v) is 23.1. The molecule has 36 heavy (non-hydrogen) atoms. The smallest absolute Gasteiger partial charge is 0.315 e. The van der Waals surface area contributed by atoms with Gasteiger partial charge in [-0.1, -0.05) is 18.6 Å². The minimum atomic E-state index is -1.90. The Kier molecular flexibility index (Phi) is 7.77. The van der Waals surface area contributed by atoms with Crippen molar-refractivity contribution in [3.63, 3.8) is 0 Å². The van der Waals surface area contributed by atoms with Crippen LogP contribution in [0.1, 0.15) is 59.8 Å². The molecule has 3 saturated carbocycles. The highest BCUT2D eigenvalue weighted by Crippen LogP contribution is 2.73. The summed E-state index contributed by atoms with van der Waals surface area (Å²) in [5.41, 5.74) is -2.70. The molecule has 6 nitrogen and oxygen atoms in total. The van der Waals surface area contributed by atoms with Crippen LogP contribution in [0, 0.1) is 22.7 Å². The van der Waals surface area contributed by atoms with Crippen LogP contribution < -0.4 is 0 Å². The van der Waals surface area contributed by atoms with Gasteiger partial charge in [0.15, 0.2) is 11.5 Å². The maximum Gasteiger partial charge on any atom is 0.315 e. The highest BCUT2D eigenvalue weighted by Gasteiger charge is 2.73. The Labute approximate surface area is 221 Å². The van der Waals surface area contributed by atoms with Crippen LogP contribution in [0.2, 0.25) is 0 Å². The fraction of sp³-hybridized carbons (Fsp3) is 0.741. The number of aliphatic hydroxyl groups is 1. The predicted octanol–water partition coefficient (Wildman–Crippen LogP) is 4.65. The fourth-order valence-electron chi connectivity index (χ4n) is 7.43. The lowest BCUT2D eigenvalue weighted by Crippen LogP contribution is -2.67. The number of ether oxygens (including phenoxy) is 2. The largest absolute Gasteiger partial charge is 0.465 e. The van der Waals surface area contributed by atoms with Crippen LogP contribution in [-0.4, -0.2) is 63.4 Å². The average molecular weight is 541 g/mol. The molecule has 0 aromatic carbocycles. The van der Waals surface area contributed by atoms with Crippen molar-refractivity contribution in [1.82, 2.24) is 0 Å². The van der Waals surface area contributed by atoms with E-state index in [9.17, 15) is 19.5 Å². The fourth-order valence-corrected chi connectivity index (χ4v) is 10.6. The molecule has 0 spiro atoms. The molecule has 0 saturated heterocycles. The molecule has 0 radical (unpaired) electrons. The predicted molar refractivity (Wildman–Crippen MR) is 139 cm³/mol. The summed E-state index contributed by atoms with van der Waals surface area (Å²) in [4.78, 5) is 36.7. The van der Waals surface area contributed by atoms with E-state index in [2.05, 4.69) is 6.92 Å². The molecule has 0 heterocycles. The Balaban J connectivity index is 1.69. The van der Waals surface area contributed by atoms with Crippen LogP contribution in [0.4, 0.5) is 4.39 Å².